The van der Waals surface area contributed by atoms with Crippen LogP contribution in [-0.4, -0.2) is 28.9 Å². The lowest BCUT2D eigenvalue weighted by Gasteiger charge is -2.48. The first-order chi connectivity index (χ1) is 9.62. The second kappa shape index (κ2) is 5.66. The van der Waals surface area contributed by atoms with Crippen molar-refractivity contribution >= 4 is 21.6 Å². The predicted octanol–water partition coefficient (Wildman–Crippen LogP) is 3.07. The Morgan fingerprint density at radius 2 is 2.15 bits per heavy atom. The van der Waals surface area contributed by atoms with E-state index < -0.39 is 5.60 Å². The predicted molar refractivity (Wildman–Crippen MR) is 83.8 cm³/mol. The molecule has 0 bridgehead atoms. The van der Waals surface area contributed by atoms with Crippen molar-refractivity contribution in [1.29, 1.82) is 0 Å². The lowest BCUT2D eigenvalue weighted by Crippen LogP contribution is -2.53. The van der Waals surface area contributed by atoms with Crippen LogP contribution in [0.4, 0.5) is 5.69 Å². The van der Waals surface area contributed by atoms with E-state index in [2.05, 4.69) is 26.9 Å². The quantitative estimate of drug-likeness (QED) is 0.870. The number of rotatable bonds is 2. The van der Waals surface area contributed by atoms with Crippen LogP contribution in [0, 0.1) is 5.92 Å². The highest BCUT2D eigenvalue weighted by atomic mass is 79.9. The number of aliphatic hydroxyl groups excluding tert-OH is 1. The van der Waals surface area contributed by atoms with E-state index in [1.165, 1.54) is 18.5 Å². The maximum Gasteiger partial charge on any atom is 0.0709 e. The van der Waals surface area contributed by atoms with Crippen LogP contribution in [0.15, 0.2) is 22.7 Å². The molecule has 2 aliphatic rings. The van der Waals surface area contributed by atoms with Gasteiger partial charge in [-0.3, -0.25) is 0 Å². The average molecular weight is 340 g/mol. The molecule has 1 saturated heterocycles. The Morgan fingerprint density at radius 3 is 2.90 bits per heavy atom. The lowest BCUT2D eigenvalue weighted by atomic mass is 9.71. The van der Waals surface area contributed by atoms with Gasteiger partial charge in [-0.05, 0) is 52.9 Å². The molecule has 4 heteroatoms. The summed E-state index contributed by atoms with van der Waals surface area (Å²) in [5.41, 5.74) is 1.67. The van der Waals surface area contributed by atoms with E-state index in [4.69, 9.17) is 0 Å². The van der Waals surface area contributed by atoms with Gasteiger partial charge in [-0.25, -0.2) is 0 Å². The molecular weight excluding hydrogens is 318 g/mol. The molecule has 2 fully saturated rings. The summed E-state index contributed by atoms with van der Waals surface area (Å²) in [6, 6.07) is 6.03. The van der Waals surface area contributed by atoms with Gasteiger partial charge in [0.1, 0.15) is 0 Å². The van der Waals surface area contributed by atoms with Gasteiger partial charge in [-0.1, -0.05) is 18.9 Å². The van der Waals surface area contributed by atoms with Gasteiger partial charge in [0.05, 0.1) is 17.9 Å². The zero-order valence-corrected chi connectivity index (χ0v) is 13.3. The molecule has 2 unspecified atom stereocenters. The van der Waals surface area contributed by atoms with E-state index in [-0.39, 0.29) is 6.61 Å². The van der Waals surface area contributed by atoms with E-state index in [1.807, 2.05) is 12.1 Å². The fourth-order valence-corrected chi connectivity index (χ4v) is 4.37. The van der Waals surface area contributed by atoms with Crippen molar-refractivity contribution in [3.8, 4) is 0 Å². The third kappa shape index (κ3) is 2.61. The highest BCUT2D eigenvalue weighted by Gasteiger charge is 2.42. The number of benzene rings is 1. The lowest BCUT2D eigenvalue weighted by molar-refractivity contribution is -0.0612. The summed E-state index contributed by atoms with van der Waals surface area (Å²) in [5.74, 6) is 0.398. The van der Waals surface area contributed by atoms with Gasteiger partial charge < -0.3 is 15.1 Å². The number of anilines is 1. The van der Waals surface area contributed by atoms with Crippen molar-refractivity contribution in [2.75, 3.05) is 18.0 Å². The fourth-order valence-electron chi connectivity index (χ4n) is 3.69. The molecule has 3 nitrogen and oxygen atoms in total. The first kappa shape index (κ1) is 14.4. The monoisotopic (exact) mass is 339 g/mol. The molecule has 0 radical (unpaired) electrons. The summed E-state index contributed by atoms with van der Waals surface area (Å²) in [7, 11) is 0. The van der Waals surface area contributed by atoms with E-state index >= 15 is 0 Å². The van der Waals surface area contributed by atoms with E-state index in [9.17, 15) is 10.2 Å². The maximum absolute atomic E-state index is 10.7. The molecule has 0 aromatic heterocycles. The molecule has 1 aromatic carbocycles. The van der Waals surface area contributed by atoms with Gasteiger partial charge >= 0.3 is 0 Å². The minimum Gasteiger partial charge on any atom is -0.392 e. The number of hydrogen-bond donors (Lipinski definition) is 2. The number of nitrogens with zero attached hydrogens (tertiary/aromatic N) is 1. The minimum atomic E-state index is -0.424. The average Bonchev–Trinajstić information content (AvgIpc) is 2.46. The van der Waals surface area contributed by atoms with Crippen LogP contribution in [0.2, 0.25) is 0 Å². The molecule has 0 spiro atoms. The van der Waals surface area contributed by atoms with Gasteiger partial charge in [-0.2, -0.15) is 0 Å². The van der Waals surface area contributed by atoms with Gasteiger partial charge in [0.25, 0.3) is 0 Å². The largest absolute Gasteiger partial charge is 0.392 e. The van der Waals surface area contributed by atoms with Crippen LogP contribution in [0.25, 0.3) is 0 Å². The number of piperidine rings is 1. The molecule has 1 aliphatic heterocycles. The van der Waals surface area contributed by atoms with Crippen LogP contribution >= 0.6 is 15.9 Å². The molecule has 2 N–H and O–H groups in total. The van der Waals surface area contributed by atoms with Crippen molar-refractivity contribution in [3.63, 3.8) is 0 Å². The van der Waals surface area contributed by atoms with Gasteiger partial charge in [-0.15, -0.1) is 0 Å². The van der Waals surface area contributed by atoms with Crippen LogP contribution in [-0.2, 0) is 6.61 Å². The second-order valence-electron chi connectivity index (χ2n) is 6.19. The highest BCUT2D eigenvalue weighted by Crippen LogP contribution is 2.42. The Labute approximate surface area is 128 Å². The summed E-state index contributed by atoms with van der Waals surface area (Å²) in [6.07, 6.45) is 5.38. The van der Waals surface area contributed by atoms with Crippen molar-refractivity contribution < 1.29 is 10.2 Å². The zero-order chi connectivity index (χ0) is 14.2. The number of hydrogen-bond acceptors (Lipinski definition) is 3. The normalized spacial score (nSPS) is 30.1. The molecule has 1 heterocycles. The Hall–Kier alpha value is -0.580. The molecule has 1 aliphatic carbocycles. The smallest absolute Gasteiger partial charge is 0.0709 e. The summed E-state index contributed by atoms with van der Waals surface area (Å²) in [5, 5.41) is 19.9. The summed E-state index contributed by atoms with van der Waals surface area (Å²) in [6.45, 7) is 1.92. The SMILES string of the molecule is OCc1ccc(N2CCC3(O)CCCCC3C2)c(Br)c1. The Bertz CT molecular complexity index is 493. The Kier molecular flexibility index (Phi) is 4.07. The van der Waals surface area contributed by atoms with Crippen LogP contribution < -0.4 is 4.90 Å². The third-order valence-corrected chi connectivity index (χ3v) is 5.60. The highest BCUT2D eigenvalue weighted by molar-refractivity contribution is 9.10. The van der Waals surface area contributed by atoms with Crippen molar-refractivity contribution in [1.82, 2.24) is 0 Å². The summed E-state index contributed by atoms with van der Waals surface area (Å²) in [4.78, 5) is 2.37. The number of halogens is 1. The second-order valence-corrected chi connectivity index (χ2v) is 7.04. The first-order valence-electron chi connectivity index (χ1n) is 7.49. The number of aliphatic hydroxyl groups is 2. The standard InChI is InChI=1S/C16H22BrNO2/c17-14-9-12(11-19)4-5-15(14)18-8-7-16(20)6-2-1-3-13(16)10-18/h4-5,9,13,19-20H,1-3,6-8,10-11H2. The molecule has 110 valence electrons. The number of fused-ring (bicyclic) bond motifs is 1. The topological polar surface area (TPSA) is 43.7 Å². The zero-order valence-electron chi connectivity index (χ0n) is 11.7. The Balaban J connectivity index is 1.79. The van der Waals surface area contributed by atoms with Gasteiger partial charge in [0.2, 0.25) is 0 Å². The molecule has 1 aromatic rings. The van der Waals surface area contributed by atoms with Crippen LogP contribution in [0.3, 0.4) is 0 Å². The van der Waals surface area contributed by atoms with Crippen molar-refractivity contribution in [2.24, 2.45) is 5.92 Å². The van der Waals surface area contributed by atoms with Crippen molar-refractivity contribution in [3.05, 3.63) is 28.2 Å². The molecule has 3 rings (SSSR count). The summed E-state index contributed by atoms with van der Waals surface area (Å²) >= 11 is 3.61. The van der Waals surface area contributed by atoms with Crippen molar-refractivity contribution in [2.45, 2.75) is 44.3 Å². The third-order valence-electron chi connectivity index (χ3n) is 4.96. The van der Waals surface area contributed by atoms with Crippen LogP contribution in [0.5, 0.6) is 0 Å². The van der Waals surface area contributed by atoms with Gasteiger partial charge in [0, 0.05) is 23.5 Å². The molecule has 1 saturated carbocycles. The molecule has 2 atom stereocenters. The van der Waals surface area contributed by atoms with Crippen LogP contribution in [0.1, 0.15) is 37.7 Å². The fraction of sp³-hybridized carbons (Fsp3) is 0.625. The summed E-state index contributed by atoms with van der Waals surface area (Å²) < 4.78 is 1.03. The maximum atomic E-state index is 10.7. The first-order valence-corrected chi connectivity index (χ1v) is 8.28. The molecule has 20 heavy (non-hydrogen) atoms. The molecular formula is C16H22BrNO2. The van der Waals surface area contributed by atoms with E-state index in [1.54, 1.807) is 0 Å². The van der Waals surface area contributed by atoms with Gasteiger partial charge in [0.15, 0.2) is 0 Å². The Morgan fingerprint density at radius 1 is 1.30 bits per heavy atom. The molecule has 0 amide bonds. The van der Waals surface area contributed by atoms with E-state index in [0.29, 0.717) is 5.92 Å². The minimum absolute atomic E-state index is 0.0707. The van der Waals surface area contributed by atoms with E-state index in [0.717, 1.165) is 42.4 Å².